The zero-order chi connectivity index (χ0) is 14.8. The summed E-state index contributed by atoms with van der Waals surface area (Å²) >= 11 is 9.20. The molecule has 1 N–H and O–H groups in total. The van der Waals surface area contributed by atoms with Crippen LogP contribution in [-0.2, 0) is 11.2 Å². The van der Waals surface area contributed by atoms with Gasteiger partial charge < -0.3 is 10.1 Å². The number of hydrogen-bond acceptors (Lipinski definition) is 2. The van der Waals surface area contributed by atoms with Crippen LogP contribution in [0.5, 0.6) is 0 Å². The molecule has 1 aromatic carbocycles. The molecule has 1 aromatic rings. The van der Waals surface area contributed by atoms with E-state index in [1.54, 1.807) is 13.2 Å². The second-order valence-corrected chi connectivity index (χ2v) is 6.03. The molecule has 0 aliphatic carbocycles. The SMILES string of the molecule is COCCNCCCCCCc1cc(Cl)c(Br)cc1F. The highest BCUT2D eigenvalue weighted by Gasteiger charge is 2.06. The lowest BCUT2D eigenvalue weighted by Crippen LogP contribution is -2.20. The lowest BCUT2D eigenvalue weighted by atomic mass is 10.1. The Labute approximate surface area is 134 Å². The summed E-state index contributed by atoms with van der Waals surface area (Å²) in [7, 11) is 1.70. The normalized spacial score (nSPS) is 11.0. The molecule has 0 fully saturated rings. The van der Waals surface area contributed by atoms with Gasteiger partial charge in [-0.25, -0.2) is 4.39 Å². The molecule has 0 unspecified atom stereocenters. The fourth-order valence-electron chi connectivity index (χ4n) is 1.97. The predicted molar refractivity (Wildman–Crippen MR) is 86.0 cm³/mol. The number of hydrogen-bond donors (Lipinski definition) is 1. The van der Waals surface area contributed by atoms with Crippen molar-refractivity contribution in [2.24, 2.45) is 0 Å². The van der Waals surface area contributed by atoms with E-state index in [1.807, 2.05) is 0 Å². The average molecular weight is 367 g/mol. The molecule has 0 saturated heterocycles. The maximum Gasteiger partial charge on any atom is 0.127 e. The maximum absolute atomic E-state index is 13.7. The summed E-state index contributed by atoms with van der Waals surface area (Å²) in [6.45, 7) is 2.67. The molecule has 0 heterocycles. The second kappa shape index (κ2) is 10.6. The number of nitrogens with one attached hydrogen (secondary N) is 1. The van der Waals surface area contributed by atoms with E-state index in [9.17, 15) is 4.39 Å². The predicted octanol–water partition coefficient (Wildman–Crippen LogP) is 4.58. The van der Waals surface area contributed by atoms with Gasteiger partial charge in [-0.15, -0.1) is 0 Å². The first-order valence-corrected chi connectivity index (χ1v) is 8.15. The highest BCUT2D eigenvalue weighted by Crippen LogP contribution is 2.26. The molecule has 0 aromatic heterocycles. The minimum absolute atomic E-state index is 0.178. The zero-order valence-corrected chi connectivity index (χ0v) is 14.2. The Morgan fingerprint density at radius 3 is 2.70 bits per heavy atom. The zero-order valence-electron chi connectivity index (χ0n) is 11.9. The minimum Gasteiger partial charge on any atom is -0.383 e. The van der Waals surface area contributed by atoms with Crippen molar-refractivity contribution >= 4 is 27.5 Å². The molecule has 0 aliphatic rings. The highest BCUT2D eigenvalue weighted by atomic mass is 79.9. The van der Waals surface area contributed by atoms with E-state index in [2.05, 4.69) is 21.2 Å². The van der Waals surface area contributed by atoms with Crippen LogP contribution in [0.15, 0.2) is 16.6 Å². The first-order chi connectivity index (χ1) is 9.65. The highest BCUT2D eigenvalue weighted by molar-refractivity contribution is 9.10. The summed E-state index contributed by atoms with van der Waals surface area (Å²) in [6, 6.07) is 3.16. The van der Waals surface area contributed by atoms with Crippen molar-refractivity contribution in [3.05, 3.63) is 33.0 Å². The summed E-state index contributed by atoms with van der Waals surface area (Å²) in [5.41, 5.74) is 0.705. The van der Waals surface area contributed by atoms with E-state index in [0.717, 1.165) is 51.8 Å². The summed E-state index contributed by atoms with van der Waals surface area (Å²) in [6.07, 6.45) is 5.15. The average Bonchev–Trinajstić information content (AvgIpc) is 2.42. The third kappa shape index (κ3) is 7.02. The fraction of sp³-hybridized carbons (Fsp3) is 0.600. The third-order valence-corrected chi connectivity index (χ3v) is 4.32. The molecule has 0 amide bonds. The molecule has 0 spiro atoms. The van der Waals surface area contributed by atoms with Gasteiger partial charge in [-0.05, 0) is 59.4 Å². The summed E-state index contributed by atoms with van der Waals surface area (Å²) in [5.74, 6) is -0.178. The van der Waals surface area contributed by atoms with Gasteiger partial charge in [0.25, 0.3) is 0 Å². The van der Waals surface area contributed by atoms with Crippen molar-refractivity contribution in [3.63, 3.8) is 0 Å². The van der Waals surface area contributed by atoms with Crippen LogP contribution < -0.4 is 5.32 Å². The van der Waals surface area contributed by atoms with Crippen molar-refractivity contribution in [3.8, 4) is 0 Å². The molecule has 20 heavy (non-hydrogen) atoms. The van der Waals surface area contributed by atoms with Gasteiger partial charge in [0.05, 0.1) is 11.6 Å². The summed E-state index contributed by atoms with van der Waals surface area (Å²) in [5, 5.41) is 3.88. The molecule has 0 aliphatic heterocycles. The van der Waals surface area contributed by atoms with Crippen molar-refractivity contribution in [1.29, 1.82) is 0 Å². The summed E-state index contributed by atoms with van der Waals surface area (Å²) in [4.78, 5) is 0. The largest absolute Gasteiger partial charge is 0.383 e. The van der Waals surface area contributed by atoms with Crippen LogP contribution in [0.25, 0.3) is 0 Å². The van der Waals surface area contributed by atoms with Crippen LogP contribution >= 0.6 is 27.5 Å². The van der Waals surface area contributed by atoms with Crippen LogP contribution in [0.1, 0.15) is 31.2 Å². The van der Waals surface area contributed by atoms with E-state index in [-0.39, 0.29) is 5.82 Å². The molecule has 0 saturated carbocycles. The third-order valence-electron chi connectivity index (χ3n) is 3.12. The smallest absolute Gasteiger partial charge is 0.127 e. The lowest BCUT2D eigenvalue weighted by Gasteiger charge is -2.06. The Balaban J connectivity index is 2.11. The van der Waals surface area contributed by atoms with Crippen molar-refractivity contribution in [2.45, 2.75) is 32.1 Å². The van der Waals surface area contributed by atoms with Gasteiger partial charge in [0.1, 0.15) is 5.82 Å². The van der Waals surface area contributed by atoms with Crippen LogP contribution in [0.2, 0.25) is 5.02 Å². The molecule has 114 valence electrons. The maximum atomic E-state index is 13.7. The molecule has 2 nitrogen and oxygen atoms in total. The molecule has 1 rings (SSSR count). The Kier molecular flexibility index (Phi) is 9.44. The number of methoxy groups -OCH3 is 1. The topological polar surface area (TPSA) is 21.3 Å². The molecule has 0 radical (unpaired) electrons. The molecule has 0 atom stereocenters. The van der Waals surface area contributed by atoms with E-state index >= 15 is 0 Å². The van der Waals surface area contributed by atoms with E-state index in [1.165, 1.54) is 6.07 Å². The van der Waals surface area contributed by atoms with Crippen molar-refractivity contribution in [2.75, 3.05) is 26.8 Å². The number of halogens is 3. The molecular formula is C15H22BrClFNO. The Morgan fingerprint density at radius 2 is 1.95 bits per heavy atom. The molecular weight excluding hydrogens is 345 g/mol. The van der Waals surface area contributed by atoms with Gasteiger partial charge in [-0.1, -0.05) is 24.4 Å². The van der Waals surface area contributed by atoms with Crippen molar-refractivity contribution < 1.29 is 9.13 Å². The van der Waals surface area contributed by atoms with Gasteiger partial charge in [0.2, 0.25) is 0 Å². The van der Waals surface area contributed by atoms with Crippen LogP contribution in [0.4, 0.5) is 4.39 Å². The monoisotopic (exact) mass is 365 g/mol. The Morgan fingerprint density at radius 1 is 1.20 bits per heavy atom. The number of benzene rings is 1. The first kappa shape index (κ1) is 17.9. The van der Waals surface area contributed by atoms with E-state index in [4.69, 9.17) is 16.3 Å². The minimum atomic E-state index is -0.178. The quantitative estimate of drug-likeness (QED) is 0.483. The standard InChI is InChI=1S/C15H22BrClFNO/c1-20-9-8-19-7-5-3-2-4-6-12-10-14(17)13(16)11-15(12)18/h10-11,19H,2-9H2,1H3. The van der Waals surface area contributed by atoms with Crippen molar-refractivity contribution in [1.82, 2.24) is 5.32 Å². The first-order valence-electron chi connectivity index (χ1n) is 6.98. The number of aryl methyl sites for hydroxylation is 1. The van der Waals surface area contributed by atoms with Crippen LogP contribution in [0.3, 0.4) is 0 Å². The number of rotatable bonds is 10. The van der Waals surface area contributed by atoms with E-state index in [0.29, 0.717) is 15.1 Å². The van der Waals surface area contributed by atoms with E-state index < -0.39 is 0 Å². The lowest BCUT2D eigenvalue weighted by molar-refractivity contribution is 0.199. The van der Waals surface area contributed by atoms with Gasteiger partial charge in [0, 0.05) is 18.1 Å². The van der Waals surface area contributed by atoms with Gasteiger partial charge >= 0.3 is 0 Å². The molecule has 5 heteroatoms. The van der Waals surface area contributed by atoms with Gasteiger partial charge in [0.15, 0.2) is 0 Å². The summed E-state index contributed by atoms with van der Waals surface area (Å²) < 4.78 is 19.2. The van der Waals surface area contributed by atoms with Gasteiger partial charge in [-0.3, -0.25) is 0 Å². The van der Waals surface area contributed by atoms with Crippen LogP contribution in [0, 0.1) is 5.82 Å². The second-order valence-electron chi connectivity index (χ2n) is 4.76. The van der Waals surface area contributed by atoms with Crippen LogP contribution in [-0.4, -0.2) is 26.8 Å². The Hall–Kier alpha value is -0.160. The fourth-order valence-corrected chi connectivity index (χ4v) is 2.48. The number of unbranched alkanes of at least 4 members (excludes halogenated alkanes) is 3. The van der Waals surface area contributed by atoms with Gasteiger partial charge in [-0.2, -0.15) is 0 Å². The Bertz CT molecular complexity index is 404. The number of ether oxygens (including phenoxy) is 1. The molecule has 0 bridgehead atoms.